The molecule has 2 amide bonds. The molecule has 0 fully saturated rings. The Morgan fingerprint density at radius 3 is 2.20 bits per heavy atom. The van der Waals surface area contributed by atoms with E-state index in [1.165, 1.54) is 0 Å². The molecule has 0 heterocycles. The highest BCUT2D eigenvalue weighted by Crippen LogP contribution is 1.95. The quantitative estimate of drug-likeness (QED) is 0.256. The van der Waals surface area contributed by atoms with Crippen LogP contribution < -0.4 is 22.1 Å². The molecule has 0 aromatic carbocycles. The monoisotopic (exact) mass is 290 g/mol. The first-order chi connectivity index (χ1) is 9.27. The van der Waals surface area contributed by atoms with Crippen molar-refractivity contribution in [3.63, 3.8) is 0 Å². The molecular weight excluding hydrogens is 272 g/mol. The van der Waals surface area contributed by atoms with Gasteiger partial charge in [-0.1, -0.05) is 0 Å². The zero-order valence-electron chi connectivity index (χ0n) is 10.7. The van der Waals surface area contributed by atoms with Gasteiger partial charge in [0, 0.05) is 13.0 Å². The molecule has 0 aliphatic heterocycles. The van der Waals surface area contributed by atoms with Crippen LogP contribution in [0.4, 0.5) is 0 Å². The van der Waals surface area contributed by atoms with E-state index in [0.717, 1.165) is 0 Å². The maximum atomic E-state index is 11.5. The van der Waals surface area contributed by atoms with Crippen molar-refractivity contribution in [3.05, 3.63) is 0 Å². The Bertz CT molecular complexity index is 386. The second-order valence-electron chi connectivity index (χ2n) is 3.95. The summed E-state index contributed by atoms with van der Waals surface area (Å²) in [5.41, 5.74) is 10.5. The summed E-state index contributed by atoms with van der Waals surface area (Å²) >= 11 is 0. The third kappa shape index (κ3) is 7.28. The number of carboxylic acids is 2. The van der Waals surface area contributed by atoms with Crippen molar-refractivity contribution in [1.29, 1.82) is 0 Å². The summed E-state index contributed by atoms with van der Waals surface area (Å²) in [4.78, 5) is 43.7. The molecule has 0 saturated heterocycles. The molecule has 0 spiro atoms. The van der Waals surface area contributed by atoms with Crippen molar-refractivity contribution < 1.29 is 29.4 Å². The fourth-order valence-corrected chi connectivity index (χ4v) is 1.19. The molecule has 2 unspecified atom stereocenters. The van der Waals surface area contributed by atoms with Crippen molar-refractivity contribution in [1.82, 2.24) is 10.6 Å². The predicted molar refractivity (Wildman–Crippen MR) is 66.5 cm³/mol. The summed E-state index contributed by atoms with van der Waals surface area (Å²) in [6.07, 6.45) is -0.272. The van der Waals surface area contributed by atoms with E-state index < -0.39 is 42.4 Å². The SMILES string of the molecule is NCC(NC(=O)CCC(N)C(=O)O)C(=O)NCC(=O)O. The van der Waals surface area contributed by atoms with E-state index in [0.29, 0.717) is 0 Å². The molecule has 0 aromatic heterocycles. The molecular formula is C10H18N4O6. The number of nitrogens with two attached hydrogens (primary N) is 2. The Balaban J connectivity index is 4.21. The molecule has 2 atom stereocenters. The molecule has 0 saturated carbocycles. The number of carboxylic acid groups (broad SMARTS) is 2. The Kier molecular flexibility index (Phi) is 7.85. The Hall–Kier alpha value is -2.20. The highest BCUT2D eigenvalue weighted by atomic mass is 16.4. The highest BCUT2D eigenvalue weighted by molar-refractivity contribution is 5.89. The van der Waals surface area contributed by atoms with Crippen LogP contribution >= 0.6 is 0 Å². The molecule has 0 aliphatic carbocycles. The maximum Gasteiger partial charge on any atom is 0.322 e. The second-order valence-corrected chi connectivity index (χ2v) is 3.95. The number of rotatable bonds is 9. The van der Waals surface area contributed by atoms with Gasteiger partial charge in [0.1, 0.15) is 18.6 Å². The molecule has 114 valence electrons. The molecule has 10 heteroatoms. The van der Waals surface area contributed by atoms with Crippen LogP contribution in [-0.4, -0.2) is 59.1 Å². The van der Waals surface area contributed by atoms with Gasteiger partial charge in [-0.2, -0.15) is 0 Å². The van der Waals surface area contributed by atoms with E-state index in [4.69, 9.17) is 21.7 Å². The van der Waals surface area contributed by atoms with Crippen LogP contribution in [0, 0.1) is 0 Å². The number of carbonyl (C=O) groups is 4. The molecule has 0 radical (unpaired) electrons. The fourth-order valence-electron chi connectivity index (χ4n) is 1.19. The molecule has 0 rings (SSSR count). The minimum absolute atomic E-state index is 0.0881. The summed E-state index contributed by atoms with van der Waals surface area (Å²) in [5.74, 6) is -3.78. The van der Waals surface area contributed by atoms with Gasteiger partial charge >= 0.3 is 11.9 Å². The highest BCUT2D eigenvalue weighted by Gasteiger charge is 2.20. The number of hydrogen-bond acceptors (Lipinski definition) is 6. The third-order valence-corrected chi connectivity index (χ3v) is 2.30. The first-order valence-electron chi connectivity index (χ1n) is 5.75. The Labute approximate surface area is 114 Å². The zero-order chi connectivity index (χ0) is 15.7. The number of amides is 2. The van der Waals surface area contributed by atoms with Crippen molar-refractivity contribution in [3.8, 4) is 0 Å². The average Bonchev–Trinajstić information content (AvgIpc) is 2.38. The van der Waals surface area contributed by atoms with Crippen LogP contribution in [0.5, 0.6) is 0 Å². The second kappa shape index (κ2) is 8.82. The van der Waals surface area contributed by atoms with Crippen molar-refractivity contribution in [2.45, 2.75) is 24.9 Å². The van der Waals surface area contributed by atoms with Crippen LogP contribution in [0.3, 0.4) is 0 Å². The van der Waals surface area contributed by atoms with Gasteiger partial charge in [0.25, 0.3) is 0 Å². The third-order valence-electron chi connectivity index (χ3n) is 2.30. The van der Waals surface area contributed by atoms with E-state index in [9.17, 15) is 19.2 Å². The van der Waals surface area contributed by atoms with Crippen LogP contribution in [0.25, 0.3) is 0 Å². The lowest BCUT2D eigenvalue weighted by Gasteiger charge is -2.16. The largest absolute Gasteiger partial charge is 0.480 e. The summed E-state index contributed by atoms with van der Waals surface area (Å²) < 4.78 is 0. The molecule has 0 aromatic rings. The Morgan fingerprint density at radius 2 is 1.75 bits per heavy atom. The number of nitrogens with one attached hydrogen (secondary N) is 2. The Morgan fingerprint density at radius 1 is 1.15 bits per heavy atom. The van der Waals surface area contributed by atoms with Crippen LogP contribution in [0.2, 0.25) is 0 Å². The summed E-state index contributed by atoms with van der Waals surface area (Å²) in [5, 5.41) is 21.3. The smallest absolute Gasteiger partial charge is 0.322 e. The lowest BCUT2D eigenvalue weighted by molar-refractivity contribution is -0.139. The van der Waals surface area contributed by atoms with Gasteiger partial charge in [0.2, 0.25) is 11.8 Å². The minimum Gasteiger partial charge on any atom is -0.480 e. The van der Waals surface area contributed by atoms with E-state index in [-0.39, 0.29) is 19.4 Å². The topological polar surface area (TPSA) is 185 Å². The predicted octanol–water partition coefficient (Wildman–Crippen LogP) is -3.18. The van der Waals surface area contributed by atoms with Crippen LogP contribution in [0.1, 0.15) is 12.8 Å². The molecule has 20 heavy (non-hydrogen) atoms. The van der Waals surface area contributed by atoms with Crippen molar-refractivity contribution in [2.75, 3.05) is 13.1 Å². The summed E-state index contributed by atoms with van der Waals surface area (Å²) in [7, 11) is 0. The van der Waals surface area contributed by atoms with E-state index in [1.807, 2.05) is 0 Å². The summed E-state index contributed by atoms with van der Waals surface area (Å²) in [6, 6.07) is -2.25. The molecule has 0 bridgehead atoms. The normalized spacial score (nSPS) is 13.1. The first kappa shape index (κ1) is 17.8. The van der Waals surface area contributed by atoms with E-state index >= 15 is 0 Å². The van der Waals surface area contributed by atoms with Crippen LogP contribution in [-0.2, 0) is 19.2 Å². The lowest BCUT2D eigenvalue weighted by atomic mass is 10.1. The standard InChI is InChI=1S/C10H18N4O6/c11-3-6(9(18)13-4-8(16)17)14-7(15)2-1-5(12)10(19)20/h5-6H,1-4,11-12H2,(H,13,18)(H,14,15)(H,16,17)(H,19,20). The van der Waals surface area contributed by atoms with Gasteiger partial charge in [-0.3, -0.25) is 19.2 Å². The van der Waals surface area contributed by atoms with E-state index in [2.05, 4.69) is 10.6 Å². The number of hydrogen-bond donors (Lipinski definition) is 6. The average molecular weight is 290 g/mol. The van der Waals surface area contributed by atoms with E-state index in [1.54, 1.807) is 0 Å². The van der Waals surface area contributed by atoms with Gasteiger partial charge in [0.05, 0.1) is 0 Å². The zero-order valence-corrected chi connectivity index (χ0v) is 10.7. The molecule has 8 N–H and O–H groups in total. The van der Waals surface area contributed by atoms with Crippen molar-refractivity contribution in [2.24, 2.45) is 11.5 Å². The fraction of sp³-hybridized carbons (Fsp3) is 0.600. The number of aliphatic carboxylic acids is 2. The molecule has 0 aliphatic rings. The van der Waals surface area contributed by atoms with Gasteiger partial charge < -0.3 is 32.3 Å². The number of carbonyl (C=O) groups excluding carboxylic acids is 2. The minimum atomic E-state index is -1.23. The summed E-state index contributed by atoms with van der Waals surface area (Å²) in [6.45, 7) is -0.808. The van der Waals surface area contributed by atoms with Gasteiger partial charge in [0.15, 0.2) is 0 Å². The maximum absolute atomic E-state index is 11.5. The van der Waals surface area contributed by atoms with Crippen molar-refractivity contribution >= 4 is 23.8 Å². The van der Waals surface area contributed by atoms with Gasteiger partial charge in [-0.15, -0.1) is 0 Å². The van der Waals surface area contributed by atoms with Gasteiger partial charge in [-0.25, -0.2) is 0 Å². The molecule has 10 nitrogen and oxygen atoms in total. The van der Waals surface area contributed by atoms with Crippen LogP contribution in [0.15, 0.2) is 0 Å². The first-order valence-corrected chi connectivity index (χ1v) is 5.75. The lowest BCUT2D eigenvalue weighted by Crippen LogP contribution is -2.51. The van der Waals surface area contributed by atoms with Gasteiger partial charge in [-0.05, 0) is 6.42 Å².